The number of hydrogen-bond acceptors (Lipinski definition) is 7. The van der Waals surface area contributed by atoms with E-state index >= 15 is 0 Å². The van der Waals surface area contributed by atoms with Gasteiger partial charge in [-0.3, -0.25) is 9.59 Å². The first kappa shape index (κ1) is 19.0. The molecule has 1 saturated heterocycles. The third-order valence-corrected chi connectivity index (χ3v) is 5.12. The standard InChI is InChI=1S/C22H20O7/c1-13(20(23)26-10-14-11-28-22(25)29-14)21(24)27-12-19-17-8-4-2-6-15(17)16-7-3-5-9-18(16)19/h2-9,13-14,19H,10-12H2,1H3. The van der Waals surface area contributed by atoms with Crippen LogP contribution in [0.5, 0.6) is 0 Å². The van der Waals surface area contributed by atoms with Gasteiger partial charge >= 0.3 is 18.1 Å². The Balaban J connectivity index is 1.35. The summed E-state index contributed by atoms with van der Waals surface area (Å²) in [6.07, 6.45) is -1.45. The van der Waals surface area contributed by atoms with Crippen molar-refractivity contribution < 1.29 is 33.3 Å². The molecule has 1 fully saturated rings. The Morgan fingerprint density at radius 2 is 1.52 bits per heavy atom. The number of carbonyl (C=O) groups is 3. The molecule has 1 heterocycles. The molecule has 1 aliphatic carbocycles. The minimum Gasteiger partial charge on any atom is -0.464 e. The van der Waals surface area contributed by atoms with Gasteiger partial charge < -0.3 is 18.9 Å². The largest absolute Gasteiger partial charge is 0.508 e. The second-order valence-electron chi connectivity index (χ2n) is 7.01. The van der Waals surface area contributed by atoms with Gasteiger partial charge in [-0.05, 0) is 29.2 Å². The Labute approximate surface area is 167 Å². The highest BCUT2D eigenvalue weighted by molar-refractivity contribution is 5.94. The summed E-state index contributed by atoms with van der Waals surface area (Å²) in [4.78, 5) is 35.4. The minimum absolute atomic E-state index is 0.0193. The third-order valence-electron chi connectivity index (χ3n) is 5.12. The van der Waals surface area contributed by atoms with Crippen molar-refractivity contribution >= 4 is 18.1 Å². The topological polar surface area (TPSA) is 88.1 Å². The van der Waals surface area contributed by atoms with Gasteiger partial charge in [-0.1, -0.05) is 48.5 Å². The first-order valence-corrected chi connectivity index (χ1v) is 9.39. The monoisotopic (exact) mass is 396 g/mol. The van der Waals surface area contributed by atoms with Crippen LogP contribution in [0.25, 0.3) is 11.1 Å². The molecule has 2 aromatic rings. The summed E-state index contributed by atoms with van der Waals surface area (Å²) < 4.78 is 19.9. The minimum atomic E-state index is -1.08. The summed E-state index contributed by atoms with van der Waals surface area (Å²) in [5.74, 6) is -2.55. The molecule has 0 radical (unpaired) electrons. The van der Waals surface area contributed by atoms with Gasteiger partial charge in [0.2, 0.25) is 0 Å². The molecule has 29 heavy (non-hydrogen) atoms. The van der Waals surface area contributed by atoms with Gasteiger partial charge in [-0.25, -0.2) is 4.79 Å². The van der Waals surface area contributed by atoms with Crippen molar-refractivity contribution in [1.82, 2.24) is 0 Å². The molecular formula is C22H20O7. The molecule has 1 aliphatic heterocycles. The number of carbonyl (C=O) groups excluding carboxylic acids is 3. The molecule has 0 spiro atoms. The van der Waals surface area contributed by atoms with Crippen molar-refractivity contribution in [2.24, 2.45) is 5.92 Å². The molecule has 2 aliphatic rings. The van der Waals surface area contributed by atoms with Crippen LogP contribution in [0.3, 0.4) is 0 Å². The maximum Gasteiger partial charge on any atom is 0.508 e. The molecular weight excluding hydrogens is 376 g/mol. The van der Waals surface area contributed by atoms with Crippen LogP contribution < -0.4 is 0 Å². The van der Waals surface area contributed by atoms with E-state index in [2.05, 4.69) is 16.9 Å². The maximum atomic E-state index is 12.4. The van der Waals surface area contributed by atoms with E-state index in [9.17, 15) is 14.4 Å². The Morgan fingerprint density at radius 3 is 2.07 bits per heavy atom. The molecule has 4 rings (SSSR count). The number of cyclic esters (lactones) is 2. The fraction of sp³-hybridized carbons (Fsp3) is 0.318. The molecule has 7 heteroatoms. The van der Waals surface area contributed by atoms with Gasteiger partial charge in [0.1, 0.15) is 19.8 Å². The Hall–Kier alpha value is -3.35. The van der Waals surface area contributed by atoms with E-state index in [0.29, 0.717) is 0 Å². The third kappa shape index (κ3) is 3.81. The van der Waals surface area contributed by atoms with E-state index in [0.717, 1.165) is 22.3 Å². The lowest BCUT2D eigenvalue weighted by atomic mass is 9.98. The molecule has 0 N–H and O–H groups in total. The van der Waals surface area contributed by atoms with E-state index in [1.54, 1.807) is 0 Å². The lowest BCUT2D eigenvalue weighted by Gasteiger charge is -2.16. The second kappa shape index (κ2) is 7.95. The highest BCUT2D eigenvalue weighted by atomic mass is 16.8. The zero-order chi connectivity index (χ0) is 20.4. The van der Waals surface area contributed by atoms with E-state index in [4.69, 9.17) is 14.2 Å². The molecule has 0 bridgehead atoms. The smallest absolute Gasteiger partial charge is 0.464 e. The van der Waals surface area contributed by atoms with Crippen LogP contribution in [0.4, 0.5) is 4.79 Å². The molecule has 150 valence electrons. The normalized spacial score (nSPS) is 18.2. The summed E-state index contributed by atoms with van der Waals surface area (Å²) in [5.41, 5.74) is 4.45. The number of hydrogen-bond donors (Lipinski definition) is 0. The maximum absolute atomic E-state index is 12.4. The predicted molar refractivity (Wildman–Crippen MR) is 101 cm³/mol. The van der Waals surface area contributed by atoms with Crippen LogP contribution in [0.15, 0.2) is 48.5 Å². The molecule has 2 atom stereocenters. The quantitative estimate of drug-likeness (QED) is 0.421. The van der Waals surface area contributed by atoms with Gasteiger partial charge in [0, 0.05) is 5.92 Å². The van der Waals surface area contributed by atoms with Crippen LogP contribution in [-0.4, -0.2) is 44.0 Å². The molecule has 2 aromatic carbocycles. The van der Waals surface area contributed by atoms with Crippen LogP contribution >= 0.6 is 0 Å². The number of fused-ring (bicyclic) bond motifs is 3. The van der Waals surface area contributed by atoms with E-state index in [1.165, 1.54) is 6.92 Å². The summed E-state index contributed by atoms with van der Waals surface area (Å²) in [6.45, 7) is 1.42. The van der Waals surface area contributed by atoms with Crippen molar-refractivity contribution in [3.05, 3.63) is 59.7 Å². The highest BCUT2D eigenvalue weighted by Gasteiger charge is 2.32. The fourth-order valence-corrected chi connectivity index (χ4v) is 3.57. The first-order valence-electron chi connectivity index (χ1n) is 9.39. The predicted octanol–water partition coefficient (Wildman–Crippen LogP) is 3.06. The van der Waals surface area contributed by atoms with Gasteiger partial charge in [0.25, 0.3) is 0 Å². The summed E-state index contributed by atoms with van der Waals surface area (Å²) in [6, 6.07) is 16.0. The molecule has 0 aromatic heterocycles. The number of rotatable bonds is 6. The number of benzene rings is 2. The Kier molecular flexibility index (Phi) is 5.20. The van der Waals surface area contributed by atoms with Gasteiger partial charge in [0.15, 0.2) is 12.0 Å². The lowest BCUT2D eigenvalue weighted by molar-refractivity contribution is -0.162. The lowest BCUT2D eigenvalue weighted by Crippen LogP contribution is -2.29. The van der Waals surface area contributed by atoms with Crippen LogP contribution in [0.1, 0.15) is 24.0 Å². The fourth-order valence-electron chi connectivity index (χ4n) is 3.57. The van der Waals surface area contributed by atoms with Gasteiger partial charge in [0.05, 0.1) is 0 Å². The van der Waals surface area contributed by atoms with Crippen molar-refractivity contribution in [1.29, 1.82) is 0 Å². The molecule has 0 saturated carbocycles. The van der Waals surface area contributed by atoms with Crippen LogP contribution in [-0.2, 0) is 28.5 Å². The van der Waals surface area contributed by atoms with Crippen molar-refractivity contribution in [3.63, 3.8) is 0 Å². The Bertz CT molecular complexity index is 906. The average molecular weight is 396 g/mol. The van der Waals surface area contributed by atoms with Gasteiger partial charge in [-0.15, -0.1) is 0 Å². The zero-order valence-corrected chi connectivity index (χ0v) is 15.8. The van der Waals surface area contributed by atoms with Crippen LogP contribution in [0.2, 0.25) is 0 Å². The summed E-state index contributed by atoms with van der Waals surface area (Å²) in [5, 5.41) is 0. The molecule has 2 unspecified atom stereocenters. The molecule has 7 nitrogen and oxygen atoms in total. The van der Waals surface area contributed by atoms with Crippen molar-refractivity contribution in [2.45, 2.75) is 18.9 Å². The second-order valence-corrected chi connectivity index (χ2v) is 7.01. The highest BCUT2D eigenvalue weighted by Crippen LogP contribution is 2.44. The average Bonchev–Trinajstić information content (AvgIpc) is 3.30. The van der Waals surface area contributed by atoms with Crippen molar-refractivity contribution in [2.75, 3.05) is 19.8 Å². The summed E-state index contributed by atoms with van der Waals surface area (Å²) in [7, 11) is 0. The number of ether oxygens (including phenoxy) is 4. The first-order chi connectivity index (χ1) is 14.0. The van der Waals surface area contributed by atoms with Crippen molar-refractivity contribution in [3.8, 4) is 11.1 Å². The van der Waals surface area contributed by atoms with E-state index in [-0.39, 0.29) is 25.7 Å². The van der Waals surface area contributed by atoms with E-state index < -0.39 is 30.1 Å². The molecule has 0 amide bonds. The zero-order valence-electron chi connectivity index (χ0n) is 15.8. The SMILES string of the molecule is CC(C(=O)OCC1COC(=O)O1)C(=O)OCC1c2ccccc2-c2ccccc21. The Morgan fingerprint density at radius 1 is 0.966 bits per heavy atom. The van der Waals surface area contributed by atoms with E-state index in [1.807, 2.05) is 36.4 Å². The summed E-state index contributed by atoms with van der Waals surface area (Å²) >= 11 is 0. The number of esters is 2. The van der Waals surface area contributed by atoms with Crippen LogP contribution in [0, 0.1) is 5.92 Å². The van der Waals surface area contributed by atoms with Gasteiger partial charge in [-0.2, -0.15) is 0 Å².